The van der Waals surface area contributed by atoms with E-state index in [4.69, 9.17) is 9.47 Å². The van der Waals surface area contributed by atoms with Gasteiger partial charge >= 0.3 is 0 Å². The summed E-state index contributed by atoms with van der Waals surface area (Å²) in [5, 5.41) is 10.6. The van der Waals surface area contributed by atoms with E-state index >= 15 is 0 Å². The molecule has 7 heteroatoms. The van der Waals surface area contributed by atoms with Gasteiger partial charge in [-0.05, 0) is 48.7 Å². The van der Waals surface area contributed by atoms with Gasteiger partial charge in [0.15, 0.2) is 9.84 Å². The third-order valence-corrected chi connectivity index (χ3v) is 6.87. The second-order valence-electron chi connectivity index (χ2n) is 7.62. The van der Waals surface area contributed by atoms with Crippen LogP contribution in [0.5, 0.6) is 11.5 Å². The van der Waals surface area contributed by atoms with Gasteiger partial charge in [0.05, 0.1) is 18.6 Å². The summed E-state index contributed by atoms with van der Waals surface area (Å²) >= 11 is 0. The van der Waals surface area contributed by atoms with E-state index in [1.165, 1.54) is 0 Å². The van der Waals surface area contributed by atoms with Crippen molar-refractivity contribution in [2.24, 2.45) is 0 Å². The Labute approximate surface area is 173 Å². The molecule has 2 unspecified atom stereocenters. The summed E-state index contributed by atoms with van der Waals surface area (Å²) in [5.41, 5.74) is 2.10. The van der Waals surface area contributed by atoms with Crippen molar-refractivity contribution >= 4 is 9.84 Å². The molecule has 1 aliphatic heterocycles. The molecule has 3 rings (SSSR count). The van der Waals surface area contributed by atoms with Gasteiger partial charge in [0.25, 0.3) is 0 Å². The third-order valence-electron chi connectivity index (χ3n) is 5.12. The summed E-state index contributed by atoms with van der Waals surface area (Å²) in [6.45, 7) is 3.01. The Balaban J connectivity index is 1.67. The first kappa shape index (κ1) is 21.6. The number of rotatable bonds is 9. The molecule has 0 amide bonds. The Morgan fingerprint density at radius 3 is 2.62 bits per heavy atom. The minimum atomic E-state index is -3.02. The minimum absolute atomic E-state index is 0.111. The number of methoxy groups -OCH3 is 1. The van der Waals surface area contributed by atoms with Gasteiger partial charge in [-0.25, -0.2) is 8.42 Å². The van der Waals surface area contributed by atoms with Crippen molar-refractivity contribution in [3.8, 4) is 11.5 Å². The lowest BCUT2D eigenvalue weighted by Crippen LogP contribution is -2.42. The standard InChI is InChI=1S/C22H29NO5S/c1-17-5-3-8-22(11-17)28-15-20(24)14-23(19-9-10-29(25,26)16-19)13-18-6-4-7-21(12-18)27-2/h3-8,11-12,19-20,24H,9-10,13-16H2,1-2H3. The minimum Gasteiger partial charge on any atom is -0.497 e. The van der Waals surface area contributed by atoms with E-state index in [2.05, 4.69) is 0 Å². The highest BCUT2D eigenvalue weighted by atomic mass is 32.2. The lowest BCUT2D eigenvalue weighted by atomic mass is 10.1. The van der Waals surface area contributed by atoms with Crippen LogP contribution in [-0.4, -0.2) is 62.3 Å². The monoisotopic (exact) mass is 419 g/mol. The topological polar surface area (TPSA) is 76.1 Å². The maximum atomic E-state index is 12.0. The second-order valence-corrected chi connectivity index (χ2v) is 9.85. The molecule has 1 fully saturated rings. The van der Waals surface area contributed by atoms with Gasteiger partial charge in [-0.15, -0.1) is 0 Å². The number of aliphatic hydroxyl groups is 1. The molecule has 2 aromatic carbocycles. The molecule has 29 heavy (non-hydrogen) atoms. The zero-order chi connectivity index (χ0) is 20.9. The maximum absolute atomic E-state index is 12.0. The maximum Gasteiger partial charge on any atom is 0.151 e. The van der Waals surface area contributed by atoms with Crippen molar-refractivity contribution in [1.82, 2.24) is 4.90 Å². The zero-order valence-electron chi connectivity index (χ0n) is 17.0. The van der Waals surface area contributed by atoms with Crippen molar-refractivity contribution in [1.29, 1.82) is 0 Å². The SMILES string of the molecule is COc1cccc(CN(CC(O)COc2cccc(C)c2)C2CCS(=O)(=O)C2)c1. The summed E-state index contributed by atoms with van der Waals surface area (Å²) in [6, 6.07) is 15.3. The van der Waals surface area contributed by atoms with Crippen molar-refractivity contribution in [2.45, 2.75) is 32.0 Å². The highest BCUT2D eigenvalue weighted by molar-refractivity contribution is 7.91. The molecule has 2 atom stereocenters. The van der Waals surface area contributed by atoms with E-state index in [-0.39, 0.29) is 24.2 Å². The Morgan fingerprint density at radius 2 is 1.93 bits per heavy atom. The zero-order valence-corrected chi connectivity index (χ0v) is 17.8. The predicted octanol–water partition coefficient (Wildman–Crippen LogP) is 2.43. The number of aryl methyl sites for hydroxylation is 1. The van der Waals surface area contributed by atoms with Crippen molar-refractivity contribution in [2.75, 3.05) is 31.8 Å². The van der Waals surface area contributed by atoms with Crippen molar-refractivity contribution < 1.29 is 23.0 Å². The van der Waals surface area contributed by atoms with E-state index in [0.717, 1.165) is 16.9 Å². The molecule has 0 saturated carbocycles. The van der Waals surface area contributed by atoms with Crippen molar-refractivity contribution in [3.63, 3.8) is 0 Å². The third kappa shape index (κ3) is 6.45. The summed E-state index contributed by atoms with van der Waals surface area (Å²) in [5.74, 6) is 1.79. The van der Waals surface area contributed by atoms with Crippen LogP contribution in [0.2, 0.25) is 0 Å². The average molecular weight is 420 g/mol. The van der Waals surface area contributed by atoms with Gasteiger partial charge in [-0.2, -0.15) is 0 Å². The van der Waals surface area contributed by atoms with E-state index in [1.54, 1.807) is 7.11 Å². The fraction of sp³-hybridized carbons (Fsp3) is 0.455. The molecule has 1 saturated heterocycles. The van der Waals surface area contributed by atoms with Crippen LogP contribution in [0.1, 0.15) is 17.5 Å². The van der Waals surface area contributed by atoms with E-state index in [0.29, 0.717) is 25.3 Å². The van der Waals surface area contributed by atoms with E-state index in [9.17, 15) is 13.5 Å². The number of aliphatic hydroxyl groups excluding tert-OH is 1. The van der Waals surface area contributed by atoms with Gasteiger partial charge in [0, 0.05) is 19.1 Å². The summed E-state index contributed by atoms with van der Waals surface area (Å²) in [7, 11) is -1.40. The highest BCUT2D eigenvalue weighted by Crippen LogP contribution is 2.22. The van der Waals surface area contributed by atoms with Gasteiger partial charge in [-0.1, -0.05) is 24.3 Å². The first-order valence-corrected chi connectivity index (χ1v) is 11.6. The normalized spacial score (nSPS) is 19.2. The number of benzene rings is 2. The second kappa shape index (κ2) is 9.61. The molecule has 1 aliphatic rings. The molecular formula is C22H29NO5S. The van der Waals surface area contributed by atoms with Gasteiger partial charge in [0.1, 0.15) is 24.2 Å². The molecule has 0 aliphatic carbocycles. The molecular weight excluding hydrogens is 390 g/mol. The van der Waals surface area contributed by atoms with Crippen LogP contribution in [0.3, 0.4) is 0 Å². The summed E-state index contributed by atoms with van der Waals surface area (Å²) < 4.78 is 35.0. The van der Waals surface area contributed by atoms with Crippen molar-refractivity contribution in [3.05, 3.63) is 59.7 Å². The summed E-state index contributed by atoms with van der Waals surface area (Å²) in [6.07, 6.45) is -0.151. The first-order valence-electron chi connectivity index (χ1n) is 9.79. The molecule has 1 heterocycles. The van der Waals surface area contributed by atoms with Crippen LogP contribution >= 0.6 is 0 Å². The molecule has 1 N–H and O–H groups in total. The van der Waals surface area contributed by atoms with E-state index < -0.39 is 15.9 Å². The van der Waals surface area contributed by atoms with Gasteiger partial charge in [0.2, 0.25) is 0 Å². The lowest BCUT2D eigenvalue weighted by Gasteiger charge is -2.30. The van der Waals surface area contributed by atoms with Crippen LogP contribution in [0, 0.1) is 6.92 Å². The molecule has 158 valence electrons. The van der Waals surface area contributed by atoms with Crippen LogP contribution in [0.4, 0.5) is 0 Å². The quantitative estimate of drug-likeness (QED) is 0.673. The smallest absolute Gasteiger partial charge is 0.151 e. The van der Waals surface area contributed by atoms with Crippen LogP contribution in [-0.2, 0) is 16.4 Å². The number of hydrogen-bond acceptors (Lipinski definition) is 6. The van der Waals surface area contributed by atoms with Gasteiger partial charge < -0.3 is 14.6 Å². The highest BCUT2D eigenvalue weighted by Gasteiger charge is 2.33. The number of sulfone groups is 1. The molecule has 0 spiro atoms. The molecule has 0 radical (unpaired) electrons. The molecule has 0 aromatic heterocycles. The number of nitrogens with zero attached hydrogens (tertiary/aromatic N) is 1. The van der Waals surface area contributed by atoms with Gasteiger partial charge in [-0.3, -0.25) is 4.90 Å². The summed E-state index contributed by atoms with van der Waals surface area (Å²) in [4.78, 5) is 2.05. The Bertz CT molecular complexity index is 915. The lowest BCUT2D eigenvalue weighted by molar-refractivity contribution is 0.0524. The number of hydrogen-bond donors (Lipinski definition) is 1. The Morgan fingerprint density at radius 1 is 1.17 bits per heavy atom. The fourth-order valence-electron chi connectivity index (χ4n) is 3.63. The molecule has 2 aromatic rings. The fourth-order valence-corrected chi connectivity index (χ4v) is 5.39. The molecule has 6 nitrogen and oxygen atoms in total. The van der Waals surface area contributed by atoms with Crippen LogP contribution in [0.15, 0.2) is 48.5 Å². The number of ether oxygens (including phenoxy) is 2. The van der Waals surface area contributed by atoms with E-state index in [1.807, 2.05) is 60.4 Å². The Hall–Kier alpha value is -2.09. The van der Waals surface area contributed by atoms with Crippen LogP contribution < -0.4 is 9.47 Å². The van der Waals surface area contributed by atoms with Crippen LogP contribution in [0.25, 0.3) is 0 Å². The first-order chi connectivity index (χ1) is 13.8. The predicted molar refractivity (Wildman–Crippen MR) is 113 cm³/mol. The Kier molecular flexibility index (Phi) is 7.16. The molecule has 0 bridgehead atoms. The average Bonchev–Trinajstić information content (AvgIpc) is 3.06. The largest absolute Gasteiger partial charge is 0.497 e.